The summed E-state index contributed by atoms with van der Waals surface area (Å²) in [6.07, 6.45) is 4.48. The van der Waals surface area contributed by atoms with Crippen LogP contribution in [0.1, 0.15) is 31.8 Å². The highest BCUT2D eigenvalue weighted by Gasteiger charge is 2.60. The number of ether oxygens (including phenoxy) is 2. The molecule has 11 nitrogen and oxygen atoms in total. The van der Waals surface area contributed by atoms with Crippen LogP contribution in [0.15, 0.2) is 42.1 Å². The molecule has 2 saturated heterocycles. The Morgan fingerprint density at radius 2 is 1.97 bits per heavy atom. The molecule has 0 aromatic carbocycles. The number of imidazole rings is 1. The number of amides is 2. The van der Waals surface area contributed by atoms with Gasteiger partial charge in [0.05, 0.1) is 18.1 Å². The average Bonchev–Trinajstić information content (AvgIpc) is 3.54. The number of carbonyl (C=O) groups excluding carboxylic acids is 3. The zero-order valence-corrected chi connectivity index (χ0v) is 23.3. The topological polar surface area (TPSA) is 134 Å². The number of fused-ring (bicyclic) bond motifs is 1. The number of carbonyl (C=O) groups is 3. The van der Waals surface area contributed by atoms with Crippen molar-refractivity contribution in [1.29, 1.82) is 0 Å². The highest BCUT2D eigenvalue weighted by Crippen LogP contribution is 2.52. The fourth-order valence-electron chi connectivity index (χ4n) is 5.71. The average molecular weight is 561 g/mol. The lowest BCUT2D eigenvalue weighted by atomic mass is 9.79. The first-order valence-corrected chi connectivity index (χ1v) is 13.9. The normalized spacial score (nSPS) is 26.8. The van der Waals surface area contributed by atoms with Gasteiger partial charge in [-0.15, -0.1) is 11.8 Å². The molecule has 212 valence electrons. The molecule has 0 radical (unpaired) electrons. The molecule has 1 aromatic rings. The van der Waals surface area contributed by atoms with Crippen LogP contribution in [-0.2, 0) is 39.1 Å². The van der Waals surface area contributed by atoms with E-state index in [0.29, 0.717) is 25.2 Å². The van der Waals surface area contributed by atoms with Crippen molar-refractivity contribution in [2.75, 3.05) is 19.8 Å². The number of nitrogens with zero attached hydrogens (tertiary/aromatic N) is 4. The van der Waals surface area contributed by atoms with Crippen LogP contribution in [-0.4, -0.2) is 90.7 Å². The van der Waals surface area contributed by atoms with Crippen LogP contribution in [0.5, 0.6) is 0 Å². The molecule has 2 fully saturated rings. The number of rotatable bonds is 11. The monoisotopic (exact) mass is 560 g/mol. The third-order valence-corrected chi connectivity index (χ3v) is 9.12. The maximum absolute atomic E-state index is 13.1. The van der Waals surface area contributed by atoms with E-state index < -0.39 is 24.1 Å². The summed E-state index contributed by atoms with van der Waals surface area (Å²) in [7, 11) is 1.82. The second-order valence-corrected chi connectivity index (χ2v) is 11.4. The van der Waals surface area contributed by atoms with Crippen LogP contribution in [0.25, 0.3) is 0 Å². The third kappa shape index (κ3) is 5.37. The van der Waals surface area contributed by atoms with Crippen molar-refractivity contribution < 1.29 is 34.1 Å². The van der Waals surface area contributed by atoms with E-state index in [2.05, 4.69) is 18.1 Å². The number of aromatic nitrogens is 2. The Balaban J connectivity index is 1.60. The van der Waals surface area contributed by atoms with Crippen molar-refractivity contribution in [3.8, 4) is 0 Å². The quantitative estimate of drug-likeness (QED) is 0.236. The Bertz CT molecular complexity index is 1180. The van der Waals surface area contributed by atoms with Crippen molar-refractivity contribution >= 4 is 29.7 Å². The van der Waals surface area contributed by atoms with Crippen LogP contribution >= 0.6 is 11.8 Å². The molecule has 1 aromatic heterocycles. The van der Waals surface area contributed by atoms with Crippen LogP contribution in [0.4, 0.5) is 4.79 Å². The van der Waals surface area contributed by atoms with Gasteiger partial charge in [0.25, 0.3) is 0 Å². The van der Waals surface area contributed by atoms with Gasteiger partial charge in [0.15, 0.2) is 0 Å². The summed E-state index contributed by atoms with van der Waals surface area (Å²) >= 11 is 1.47. The van der Waals surface area contributed by atoms with Crippen molar-refractivity contribution in [2.45, 2.75) is 56.7 Å². The molecule has 3 aliphatic rings. The number of likely N-dealkylation sites (tertiary alicyclic amines) is 1. The molecule has 6 atom stereocenters. The summed E-state index contributed by atoms with van der Waals surface area (Å²) in [6.45, 7) is 11.0. The van der Waals surface area contributed by atoms with Crippen molar-refractivity contribution in [3.63, 3.8) is 0 Å². The SMILES string of the molecule is C=CCOC(=O)C1=C(S[C@H]2C[C@@H](Cc3cnc(CO)n3C)N(C(=O)OCC=C)C2)[C@H](C)[C@@H]2[C@@H]([C@@H](C)O)C(=O)N12. The summed E-state index contributed by atoms with van der Waals surface area (Å²) < 4.78 is 12.5. The van der Waals surface area contributed by atoms with Gasteiger partial charge in [0.1, 0.15) is 31.3 Å². The molecule has 0 spiro atoms. The van der Waals surface area contributed by atoms with Crippen molar-refractivity contribution in [2.24, 2.45) is 18.9 Å². The van der Waals surface area contributed by atoms with Crippen LogP contribution in [0, 0.1) is 11.8 Å². The zero-order valence-electron chi connectivity index (χ0n) is 22.5. The predicted molar refractivity (Wildman–Crippen MR) is 144 cm³/mol. The Morgan fingerprint density at radius 1 is 1.28 bits per heavy atom. The van der Waals surface area contributed by atoms with E-state index in [-0.39, 0.29) is 54.7 Å². The number of hydrogen-bond acceptors (Lipinski definition) is 9. The predicted octanol–water partition coefficient (Wildman–Crippen LogP) is 1.75. The minimum Gasteiger partial charge on any atom is -0.457 e. The second kappa shape index (κ2) is 12.0. The summed E-state index contributed by atoms with van der Waals surface area (Å²) in [5.41, 5.74) is 1.08. The number of aliphatic hydroxyl groups is 2. The maximum atomic E-state index is 13.1. The van der Waals surface area contributed by atoms with Gasteiger partial charge < -0.3 is 34.1 Å². The number of thioether (sulfide) groups is 1. The van der Waals surface area contributed by atoms with Gasteiger partial charge in [0, 0.05) is 54.0 Å². The van der Waals surface area contributed by atoms with Crippen LogP contribution in [0.2, 0.25) is 0 Å². The molecule has 4 rings (SSSR count). The summed E-state index contributed by atoms with van der Waals surface area (Å²) in [5.74, 6) is -1.15. The molecule has 0 unspecified atom stereocenters. The first-order valence-electron chi connectivity index (χ1n) is 13.0. The molecule has 0 saturated carbocycles. The molecule has 4 heterocycles. The maximum Gasteiger partial charge on any atom is 0.410 e. The zero-order chi connectivity index (χ0) is 28.4. The Kier molecular flexibility index (Phi) is 8.87. The van der Waals surface area contributed by atoms with E-state index in [0.717, 1.165) is 10.6 Å². The second-order valence-electron chi connectivity index (χ2n) is 10.1. The van der Waals surface area contributed by atoms with Gasteiger partial charge in [-0.05, 0) is 13.3 Å². The molecular formula is C27H36N4O7S. The summed E-state index contributed by atoms with van der Waals surface area (Å²) in [4.78, 5) is 47.1. The molecule has 3 aliphatic heterocycles. The highest BCUT2D eigenvalue weighted by atomic mass is 32.2. The van der Waals surface area contributed by atoms with E-state index in [1.807, 2.05) is 18.5 Å². The van der Waals surface area contributed by atoms with Crippen LogP contribution < -0.4 is 0 Å². The first-order chi connectivity index (χ1) is 18.6. The fraction of sp³-hybridized carbons (Fsp3) is 0.556. The van der Waals surface area contributed by atoms with Crippen molar-refractivity contribution in [3.05, 3.63) is 53.6 Å². The minimum atomic E-state index is -0.843. The van der Waals surface area contributed by atoms with E-state index in [9.17, 15) is 24.6 Å². The standard InChI is InChI=1S/C27H36N4O7S/c1-6-8-37-26(35)23-24(15(3)22-21(16(4)33)25(34)31(22)23)39-19-11-17(30(13-19)27(36)38-9-7-2)10-18-12-28-20(14-32)29(18)5/h6-7,12,15-17,19,21-22,32-33H,1-2,8-11,13-14H2,3-5H3/t15-,16-,17-,19+,21-,22-/m1/s1. The molecular weight excluding hydrogens is 524 g/mol. The smallest absolute Gasteiger partial charge is 0.410 e. The van der Waals surface area contributed by atoms with E-state index in [1.165, 1.54) is 28.8 Å². The highest BCUT2D eigenvalue weighted by molar-refractivity contribution is 8.03. The Labute approximate surface area is 232 Å². The lowest BCUT2D eigenvalue weighted by Crippen LogP contribution is -2.63. The number of esters is 1. The van der Waals surface area contributed by atoms with Gasteiger partial charge in [0.2, 0.25) is 5.91 Å². The molecule has 2 amide bonds. The molecule has 0 bridgehead atoms. The van der Waals surface area contributed by atoms with E-state index >= 15 is 0 Å². The number of hydrogen-bond donors (Lipinski definition) is 2. The van der Waals surface area contributed by atoms with Gasteiger partial charge in [-0.25, -0.2) is 14.6 Å². The van der Waals surface area contributed by atoms with E-state index in [1.54, 1.807) is 18.0 Å². The van der Waals surface area contributed by atoms with Gasteiger partial charge in [-0.1, -0.05) is 32.2 Å². The Hall–Kier alpha value is -3.09. The first kappa shape index (κ1) is 28.9. The Morgan fingerprint density at radius 3 is 2.59 bits per heavy atom. The largest absolute Gasteiger partial charge is 0.457 e. The number of β-lactam (4-membered cyclic amide) rings is 1. The summed E-state index contributed by atoms with van der Waals surface area (Å²) in [6, 6.07) is -0.539. The lowest BCUT2D eigenvalue weighted by Gasteiger charge is -2.46. The molecule has 39 heavy (non-hydrogen) atoms. The molecule has 2 N–H and O–H groups in total. The lowest BCUT2D eigenvalue weighted by molar-refractivity contribution is -0.164. The molecule has 12 heteroatoms. The van der Waals surface area contributed by atoms with Crippen molar-refractivity contribution in [1.82, 2.24) is 19.4 Å². The minimum absolute atomic E-state index is 0.0101. The third-order valence-electron chi connectivity index (χ3n) is 7.63. The van der Waals surface area contributed by atoms with Gasteiger partial charge in [-0.2, -0.15) is 0 Å². The van der Waals surface area contributed by atoms with Crippen LogP contribution in [0.3, 0.4) is 0 Å². The summed E-state index contributed by atoms with van der Waals surface area (Å²) in [5, 5.41) is 19.7. The van der Waals surface area contributed by atoms with Gasteiger partial charge in [-0.3, -0.25) is 4.79 Å². The fourth-order valence-corrected chi connectivity index (χ4v) is 7.27. The number of aliphatic hydroxyl groups excluding tert-OH is 2. The van der Waals surface area contributed by atoms with E-state index in [4.69, 9.17) is 9.47 Å². The molecule has 0 aliphatic carbocycles. The van der Waals surface area contributed by atoms with Gasteiger partial charge >= 0.3 is 12.1 Å².